The van der Waals surface area contributed by atoms with Crippen LogP contribution in [0.5, 0.6) is 0 Å². The molecule has 1 heterocycles. The van der Waals surface area contributed by atoms with E-state index in [1.54, 1.807) is 12.1 Å². The molecule has 1 aromatic rings. The normalized spacial score (nSPS) is 16.9. The number of nitrogens with two attached hydrogens (primary N) is 1. The third-order valence-electron chi connectivity index (χ3n) is 3.51. The largest absolute Gasteiger partial charge is 0.399 e. The highest BCUT2D eigenvalue weighted by atomic mass is 19.3. The van der Waals surface area contributed by atoms with Gasteiger partial charge in [0.05, 0.1) is 19.3 Å². The zero-order valence-corrected chi connectivity index (χ0v) is 11.3. The monoisotopic (exact) mass is 286 g/mol. The zero-order chi connectivity index (χ0) is 14.5. The van der Waals surface area contributed by atoms with Gasteiger partial charge in [0.25, 0.3) is 6.43 Å². The molecule has 20 heavy (non-hydrogen) atoms. The molecular weight excluding hydrogens is 266 g/mol. The number of anilines is 2. The first-order valence-electron chi connectivity index (χ1n) is 6.76. The molecule has 0 radical (unpaired) electrons. The molecule has 3 N–H and O–H groups in total. The van der Waals surface area contributed by atoms with E-state index in [9.17, 15) is 8.78 Å². The summed E-state index contributed by atoms with van der Waals surface area (Å²) in [5, 5.41) is 8.72. The van der Waals surface area contributed by atoms with Crippen LogP contribution in [0.2, 0.25) is 0 Å². The summed E-state index contributed by atoms with van der Waals surface area (Å²) in [4.78, 5) is 1.94. The number of halogens is 2. The van der Waals surface area contributed by atoms with Crippen LogP contribution in [-0.4, -0.2) is 37.5 Å². The van der Waals surface area contributed by atoms with Gasteiger partial charge in [0.2, 0.25) is 0 Å². The number of ether oxygens (including phenoxy) is 1. The Hall–Kier alpha value is -1.40. The predicted octanol–water partition coefficient (Wildman–Crippen LogP) is 2.18. The smallest absolute Gasteiger partial charge is 0.265 e. The highest BCUT2D eigenvalue weighted by molar-refractivity contribution is 5.60. The van der Waals surface area contributed by atoms with Gasteiger partial charge in [-0.3, -0.25) is 0 Å². The van der Waals surface area contributed by atoms with Gasteiger partial charge < -0.3 is 20.5 Å². The topological polar surface area (TPSA) is 58.7 Å². The van der Waals surface area contributed by atoms with E-state index in [-0.39, 0.29) is 18.3 Å². The molecule has 0 unspecified atom stereocenters. The Kier molecular flexibility index (Phi) is 5.14. The van der Waals surface area contributed by atoms with Gasteiger partial charge in [-0.05, 0) is 31.0 Å². The van der Waals surface area contributed by atoms with Crippen molar-refractivity contribution >= 4 is 11.4 Å². The van der Waals surface area contributed by atoms with E-state index in [4.69, 9.17) is 15.6 Å². The number of aliphatic hydroxyl groups is 1. The number of hydrogen-bond donors (Lipinski definition) is 2. The molecule has 1 saturated heterocycles. The van der Waals surface area contributed by atoms with E-state index >= 15 is 0 Å². The van der Waals surface area contributed by atoms with Gasteiger partial charge in [-0.25, -0.2) is 8.78 Å². The molecular formula is C14H20F2N2O2. The molecule has 0 amide bonds. The highest BCUT2D eigenvalue weighted by Crippen LogP contribution is 2.33. The molecule has 0 aromatic heterocycles. The summed E-state index contributed by atoms with van der Waals surface area (Å²) in [6, 6.07) is 4.65. The molecule has 1 fully saturated rings. The maximum Gasteiger partial charge on any atom is 0.265 e. The van der Waals surface area contributed by atoms with E-state index in [2.05, 4.69) is 0 Å². The third kappa shape index (κ3) is 3.58. The Labute approximate surface area is 117 Å². The number of hydrogen-bond acceptors (Lipinski definition) is 4. The average Bonchev–Trinajstić information content (AvgIpc) is 2.45. The second-order valence-corrected chi connectivity index (χ2v) is 4.90. The molecule has 1 aromatic carbocycles. The van der Waals surface area contributed by atoms with Crippen LogP contribution in [0.25, 0.3) is 0 Å². The van der Waals surface area contributed by atoms with E-state index in [1.165, 1.54) is 6.07 Å². The Morgan fingerprint density at radius 3 is 2.65 bits per heavy atom. The molecule has 112 valence electrons. The van der Waals surface area contributed by atoms with Crippen molar-refractivity contribution in [1.29, 1.82) is 0 Å². The number of piperidine rings is 1. The summed E-state index contributed by atoms with van der Waals surface area (Å²) in [6.07, 6.45) is -0.890. The molecule has 4 nitrogen and oxygen atoms in total. The number of nitrogen functional groups attached to an aromatic ring is 1. The lowest BCUT2D eigenvalue weighted by Crippen LogP contribution is -2.37. The molecule has 1 aliphatic heterocycles. The van der Waals surface area contributed by atoms with Crippen molar-refractivity contribution < 1.29 is 18.6 Å². The van der Waals surface area contributed by atoms with Crippen molar-refractivity contribution in [2.75, 3.05) is 36.9 Å². The van der Waals surface area contributed by atoms with Crippen LogP contribution in [0.15, 0.2) is 18.2 Å². The van der Waals surface area contributed by atoms with Crippen LogP contribution in [0, 0.1) is 0 Å². The second kappa shape index (κ2) is 6.85. The highest BCUT2D eigenvalue weighted by Gasteiger charge is 2.23. The minimum atomic E-state index is -2.53. The van der Waals surface area contributed by atoms with Crippen LogP contribution < -0.4 is 10.6 Å². The fourth-order valence-electron chi connectivity index (χ4n) is 2.52. The lowest BCUT2D eigenvalue weighted by molar-refractivity contribution is 0.0158. The quantitative estimate of drug-likeness (QED) is 0.815. The first-order valence-corrected chi connectivity index (χ1v) is 6.76. The molecule has 0 atom stereocenters. The molecule has 0 spiro atoms. The Bertz CT molecular complexity index is 435. The summed E-state index contributed by atoms with van der Waals surface area (Å²) < 4.78 is 31.6. The van der Waals surface area contributed by atoms with Gasteiger partial charge in [-0.1, -0.05) is 0 Å². The van der Waals surface area contributed by atoms with Gasteiger partial charge >= 0.3 is 0 Å². The van der Waals surface area contributed by atoms with Crippen LogP contribution in [0.4, 0.5) is 20.2 Å². The van der Waals surface area contributed by atoms with Gasteiger partial charge in [0.1, 0.15) is 0 Å². The van der Waals surface area contributed by atoms with Crippen molar-refractivity contribution in [2.24, 2.45) is 0 Å². The number of rotatable bonds is 5. The first-order chi connectivity index (χ1) is 9.61. The average molecular weight is 286 g/mol. The van der Waals surface area contributed by atoms with Gasteiger partial charge in [0, 0.05) is 30.0 Å². The van der Waals surface area contributed by atoms with E-state index in [0.717, 1.165) is 12.8 Å². The van der Waals surface area contributed by atoms with E-state index in [1.807, 2.05) is 4.90 Å². The van der Waals surface area contributed by atoms with Gasteiger partial charge in [0.15, 0.2) is 0 Å². The summed E-state index contributed by atoms with van der Waals surface area (Å²) >= 11 is 0. The Morgan fingerprint density at radius 2 is 2.05 bits per heavy atom. The first kappa shape index (κ1) is 15.0. The van der Waals surface area contributed by atoms with Crippen molar-refractivity contribution in [1.82, 2.24) is 0 Å². The summed E-state index contributed by atoms with van der Waals surface area (Å²) in [5.41, 5.74) is 6.46. The van der Waals surface area contributed by atoms with Crippen molar-refractivity contribution in [3.05, 3.63) is 23.8 Å². The maximum absolute atomic E-state index is 13.1. The van der Waals surface area contributed by atoms with Crippen molar-refractivity contribution in [3.63, 3.8) is 0 Å². The van der Waals surface area contributed by atoms with Crippen LogP contribution in [0.1, 0.15) is 24.8 Å². The summed E-state index contributed by atoms with van der Waals surface area (Å²) in [7, 11) is 0. The van der Waals surface area contributed by atoms with Crippen LogP contribution in [-0.2, 0) is 4.74 Å². The molecule has 0 aliphatic carbocycles. The number of nitrogens with zero attached hydrogens (tertiary/aromatic N) is 1. The molecule has 1 aliphatic rings. The zero-order valence-electron chi connectivity index (χ0n) is 11.3. The summed E-state index contributed by atoms with van der Waals surface area (Å²) in [5.74, 6) is 0. The van der Waals surface area contributed by atoms with Crippen molar-refractivity contribution in [2.45, 2.75) is 25.4 Å². The molecule has 0 bridgehead atoms. The fourth-order valence-corrected chi connectivity index (χ4v) is 2.52. The second-order valence-electron chi connectivity index (χ2n) is 4.90. The lowest BCUT2D eigenvalue weighted by Gasteiger charge is -2.34. The van der Waals surface area contributed by atoms with E-state index < -0.39 is 6.43 Å². The van der Waals surface area contributed by atoms with Crippen LogP contribution >= 0.6 is 0 Å². The third-order valence-corrected chi connectivity index (χ3v) is 3.51. The van der Waals surface area contributed by atoms with Crippen molar-refractivity contribution in [3.8, 4) is 0 Å². The molecule has 6 heteroatoms. The minimum absolute atomic E-state index is 0.00765. The Balaban J connectivity index is 2.03. The standard InChI is InChI=1S/C14H20F2N2O2/c15-14(16)12-9-10(17)1-2-13(12)18-5-3-11(4-6-18)20-8-7-19/h1-2,9,11,14,19H,3-8,17H2. The lowest BCUT2D eigenvalue weighted by atomic mass is 10.0. The number of alkyl halides is 2. The number of benzene rings is 1. The minimum Gasteiger partial charge on any atom is -0.399 e. The molecule has 2 rings (SSSR count). The predicted molar refractivity (Wildman–Crippen MR) is 74.1 cm³/mol. The van der Waals surface area contributed by atoms with Gasteiger partial charge in [-0.15, -0.1) is 0 Å². The maximum atomic E-state index is 13.1. The SMILES string of the molecule is Nc1ccc(N2CCC(OCCO)CC2)c(C(F)F)c1. The number of aliphatic hydroxyl groups excluding tert-OH is 1. The molecule has 0 saturated carbocycles. The Morgan fingerprint density at radius 1 is 1.35 bits per heavy atom. The van der Waals surface area contributed by atoms with E-state index in [0.29, 0.717) is 31.1 Å². The van der Waals surface area contributed by atoms with Crippen LogP contribution in [0.3, 0.4) is 0 Å². The van der Waals surface area contributed by atoms with Gasteiger partial charge in [-0.2, -0.15) is 0 Å². The summed E-state index contributed by atoms with van der Waals surface area (Å²) in [6.45, 7) is 1.67. The fraction of sp³-hybridized carbons (Fsp3) is 0.571.